The molecule has 0 aromatic heterocycles. The summed E-state index contributed by atoms with van der Waals surface area (Å²) in [5.74, 6) is -0.426. The lowest BCUT2D eigenvalue weighted by Gasteiger charge is -2.43. The number of hydrogen-bond acceptors (Lipinski definition) is 8. The summed E-state index contributed by atoms with van der Waals surface area (Å²) in [6.45, 7) is 20.3. The largest absolute Gasteiger partial charge is 0.394 e. The summed E-state index contributed by atoms with van der Waals surface area (Å²) < 4.78 is 17.6. The monoisotopic (exact) mass is 546 g/mol. The summed E-state index contributed by atoms with van der Waals surface area (Å²) in [6, 6.07) is -0.985. The van der Waals surface area contributed by atoms with Crippen LogP contribution in [0.2, 0.25) is 0 Å². The van der Waals surface area contributed by atoms with Crippen LogP contribution in [0, 0.1) is 16.2 Å². The van der Waals surface area contributed by atoms with Crippen LogP contribution in [-0.4, -0.2) is 89.7 Å². The first-order valence-corrected chi connectivity index (χ1v) is 13.7. The van der Waals surface area contributed by atoms with Gasteiger partial charge >= 0.3 is 0 Å². The molecule has 5 unspecified atom stereocenters. The molecule has 0 saturated carbocycles. The lowest BCUT2D eigenvalue weighted by Crippen LogP contribution is -2.64. The van der Waals surface area contributed by atoms with Crippen LogP contribution in [-0.2, 0) is 23.8 Å². The van der Waals surface area contributed by atoms with Crippen molar-refractivity contribution < 1.29 is 39.1 Å². The minimum Gasteiger partial charge on any atom is -0.394 e. The summed E-state index contributed by atoms with van der Waals surface area (Å²) in [5.41, 5.74) is -1.63. The number of nitrogens with one attached hydrogen (secondary N) is 2. The summed E-state index contributed by atoms with van der Waals surface area (Å²) in [4.78, 5) is 24.8. The van der Waals surface area contributed by atoms with Crippen molar-refractivity contribution >= 4 is 11.8 Å². The van der Waals surface area contributed by atoms with Crippen molar-refractivity contribution in [3.8, 4) is 0 Å². The van der Waals surface area contributed by atoms with Crippen LogP contribution in [0.15, 0.2) is 0 Å². The van der Waals surface area contributed by atoms with Gasteiger partial charge in [0.05, 0.1) is 18.8 Å². The van der Waals surface area contributed by atoms with Crippen molar-refractivity contribution in [3.05, 3.63) is 0 Å². The molecule has 0 aromatic carbocycles. The third kappa shape index (κ3) is 11.1. The van der Waals surface area contributed by atoms with Gasteiger partial charge in [-0.15, -0.1) is 0 Å². The van der Waals surface area contributed by atoms with E-state index in [2.05, 4.69) is 31.4 Å². The number of hydrogen-bond donors (Lipinski definition) is 5. The quantitative estimate of drug-likeness (QED) is 0.210. The van der Waals surface area contributed by atoms with Crippen molar-refractivity contribution in [1.29, 1.82) is 0 Å². The summed E-state index contributed by atoms with van der Waals surface area (Å²) in [6.07, 6.45) is -2.58. The number of aliphatic hydroxyl groups excluding tert-OH is 3. The van der Waals surface area contributed by atoms with Gasteiger partial charge < -0.3 is 40.2 Å². The first kappa shape index (κ1) is 34.7. The van der Waals surface area contributed by atoms with E-state index in [1.807, 2.05) is 41.5 Å². The minimum atomic E-state index is -1.36. The molecule has 0 aromatic rings. The van der Waals surface area contributed by atoms with Crippen LogP contribution >= 0.6 is 0 Å². The molecule has 0 spiro atoms. The highest BCUT2D eigenvalue weighted by atomic mass is 16.7. The Morgan fingerprint density at radius 3 is 2.08 bits per heavy atom. The topological polar surface area (TPSA) is 147 Å². The van der Waals surface area contributed by atoms with Gasteiger partial charge in [-0.3, -0.25) is 9.59 Å². The molecule has 5 N–H and O–H groups in total. The van der Waals surface area contributed by atoms with E-state index in [-0.39, 0.29) is 23.3 Å². The third-order valence-corrected chi connectivity index (χ3v) is 6.75. The fourth-order valence-corrected chi connectivity index (χ4v) is 5.46. The Morgan fingerprint density at radius 1 is 0.947 bits per heavy atom. The van der Waals surface area contributed by atoms with Gasteiger partial charge in [0.2, 0.25) is 11.8 Å². The number of rotatable bonds is 15. The average Bonchev–Trinajstić information content (AvgIpc) is 2.77. The number of ether oxygens (including phenoxy) is 3. The van der Waals surface area contributed by atoms with E-state index in [0.717, 1.165) is 6.42 Å². The number of aliphatic hydroxyl groups is 3. The molecule has 1 fully saturated rings. The van der Waals surface area contributed by atoms with Crippen LogP contribution in [0.4, 0.5) is 0 Å². The predicted molar refractivity (Wildman–Crippen MR) is 145 cm³/mol. The lowest BCUT2D eigenvalue weighted by atomic mass is 9.75. The van der Waals surface area contributed by atoms with E-state index in [1.165, 1.54) is 6.92 Å². The van der Waals surface area contributed by atoms with Gasteiger partial charge in [0.25, 0.3) is 0 Å². The summed E-state index contributed by atoms with van der Waals surface area (Å²) in [5, 5.41) is 35.9. The van der Waals surface area contributed by atoms with Gasteiger partial charge in [-0.05, 0) is 43.9 Å². The van der Waals surface area contributed by atoms with E-state index in [0.29, 0.717) is 26.0 Å². The highest BCUT2D eigenvalue weighted by molar-refractivity contribution is 5.81. The Labute approximate surface area is 229 Å². The lowest BCUT2D eigenvalue weighted by molar-refractivity contribution is -0.276. The molecular formula is C28H54N2O8. The Morgan fingerprint density at radius 2 is 1.55 bits per heavy atom. The van der Waals surface area contributed by atoms with Gasteiger partial charge in [0.15, 0.2) is 6.29 Å². The Balaban J connectivity index is 2.76. The average molecular weight is 547 g/mol. The van der Waals surface area contributed by atoms with Crippen molar-refractivity contribution in [2.45, 2.75) is 125 Å². The fraction of sp³-hybridized carbons (Fsp3) is 0.929. The van der Waals surface area contributed by atoms with Crippen LogP contribution in [0.5, 0.6) is 0 Å². The third-order valence-electron chi connectivity index (χ3n) is 6.75. The second-order valence-electron chi connectivity index (χ2n) is 13.6. The maximum atomic E-state index is 13.1. The molecule has 224 valence electrons. The zero-order valence-corrected chi connectivity index (χ0v) is 25.2. The Hall–Kier alpha value is -1.30. The van der Waals surface area contributed by atoms with Crippen LogP contribution in [0.25, 0.3) is 0 Å². The molecule has 1 aliphatic rings. The van der Waals surface area contributed by atoms with Crippen molar-refractivity contribution in [3.63, 3.8) is 0 Å². The van der Waals surface area contributed by atoms with E-state index in [9.17, 15) is 24.9 Å². The predicted octanol–water partition coefficient (Wildman–Crippen LogP) is 2.13. The van der Waals surface area contributed by atoms with Crippen molar-refractivity contribution in [2.75, 3.05) is 26.4 Å². The van der Waals surface area contributed by atoms with E-state index in [1.54, 1.807) is 0 Å². The van der Waals surface area contributed by atoms with E-state index >= 15 is 0 Å². The van der Waals surface area contributed by atoms with Crippen LogP contribution in [0.3, 0.4) is 0 Å². The zero-order valence-electron chi connectivity index (χ0n) is 25.2. The first-order valence-electron chi connectivity index (χ1n) is 13.7. The van der Waals surface area contributed by atoms with Gasteiger partial charge in [0, 0.05) is 25.5 Å². The Kier molecular flexibility index (Phi) is 12.7. The highest BCUT2D eigenvalue weighted by Gasteiger charge is 2.46. The highest BCUT2D eigenvalue weighted by Crippen LogP contribution is 2.36. The summed E-state index contributed by atoms with van der Waals surface area (Å²) in [7, 11) is 0. The number of amides is 2. The molecule has 0 aliphatic carbocycles. The van der Waals surface area contributed by atoms with Gasteiger partial charge in [0.1, 0.15) is 24.4 Å². The fourth-order valence-electron chi connectivity index (χ4n) is 5.46. The van der Waals surface area contributed by atoms with Gasteiger partial charge in [-0.25, -0.2) is 0 Å². The molecule has 0 bridgehead atoms. The Bertz CT molecular complexity index is 768. The standard InChI is InChI=1S/C28H54N2O8/c1-11-12-37-28(9,10)15-27(7,8)24(35)29-16-25(3,4)14-26(5,6)17-36-23-20(30-18(2)32)22(34)21(33)19(13-31)38-23/h19-23,31,33-34H,11-17H2,1-10H3,(H,29,35)(H,30,32). The van der Waals surface area contributed by atoms with Crippen LogP contribution in [0.1, 0.15) is 88.5 Å². The number of carbonyl (C=O) groups excluding carboxylic acids is 2. The minimum absolute atomic E-state index is 0.0239. The molecule has 38 heavy (non-hydrogen) atoms. The van der Waals surface area contributed by atoms with Gasteiger partial charge in [-0.2, -0.15) is 0 Å². The maximum Gasteiger partial charge on any atom is 0.225 e. The molecule has 1 saturated heterocycles. The normalized spacial score (nSPS) is 25.2. The first-order chi connectivity index (χ1) is 17.3. The second kappa shape index (κ2) is 13.9. The smallest absolute Gasteiger partial charge is 0.225 e. The van der Waals surface area contributed by atoms with Crippen LogP contribution < -0.4 is 10.6 Å². The molecule has 2 amide bonds. The maximum absolute atomic E-state index is 13.1. The van der Waals surface area contributed by atoms with Gasteiger partial charge in [-0.1, -0.05) is 48.5 Å². The molecule has 1 aliphatic heterocycles. The molecule has 10 heteroatoms. The SMILES string of the molecule is CCCOC(C)(C)CC(C)(C)C(=O)NCC(C)(C)CC(C)(C)COC1OC(CO)C(O)C(O)C1NC(C)=O. The van der Waals surface area contributed by atoms with Crippen molar-refractivity contribution in [2.24, 2.45) is 16.2 Å². The zero-order chi connectivity index (χ0) is 29.5. The summed E-state index contributed by atoms with van der Waals surface area (Å²) >= 11 is 0. The molecule has 1 heterocycles. The molecule has 5 atom stereocenters. The molecule has 0 radical (unpaired) electrons. The van der Waals surface area contributed by atoms with E-state index < -0.39 is 54.2 Å². The molecule has 10 nitrogen and oxygen atoms in total. The second-order valence-corrected chi connectivity index (χ2v) is 13.6. The molecular weight excluding hydrogens is 492 g/mol. The van der Waals surface area contributed by atoms with E-state index in [4.69, 9.17) is 14.2 Å². The molecule has 1 rings (SSSR count). The van der Waals surface area contributed by atoms with Crippen molar-refractivity contribution in [1.82, 2.24) is 10.6 Å². The number of carbonyl (C=O) groups is 2.